The van der Waals surface area contributed by atoms with Gasteiger partial charge >= 0.3 is 5.97 Å². The Morgan fingerprint density at radius 3 is 2.63 bits per heavy atom. The van der Waals surface area contributed by atoms with Gasteiger partial charge < -0.3 is 10.4 Å². The molecule has 2 aromatic rings. The number of benzene rings is 1. The van der Waals surface area contributed by atoms with Crippen LogP contribution in [0.3, 0.4) is 0 Å². The van der Waals surface area contributed by atoms with E-state index < -0.39 is 17.9 Å². The standard InChI is InChI=1S/C12H12N4O3/c17-11(10-13-7-14-16-10)15-9(12(18)19)6-8-4-2-1-3-5-8/h1-5,7,9H,6H2,(H,15,17)(H,18,19)(H,13,14,16)/t9-/m1/s1. The van der Waals surface area contributed by atoms with Crippen LogP contribution in [0.25, 0.3) is 0 Å². The van der Waals surface area contributed by atoms with Crippen LogP contribution >= 0.6 is 0 Å². The molecule has 0 aliphatic heterocycles. The molecule has 1 amide bonds. The summed E-state index contributed by atoms with van der Waals surface area (Å²) in [5.74, 6) is -1.71. The van der Waals surface area contributed by atoms with Crippen molar-refractivity contribution in [3.8, 4) is 0 Å². The molecule has 98 valence electrons. The number of aliphatic carboxylic acids is 1. The second kappa shape index (κ2) is 5.76. The lowest BCUT2D eigenvalue weighted by atomic mass is 10.1. The third kappa shape index (κ3) is 3.38. The van der Waals surface area contributed by atoms with Crippen molar-refractivity contribution in [1.82, 2.24) is 20.5 Å². The molecule has 0 saturated heterocycles. The molecule has 0 aliphatic carbocycles. The molecule has 0 spiro atoms. The summed E-state index contributed by atoms with van der Waals surface area (Å²) in [6, 6.07) is 8.05. The van der Waals surface area contributed by atoms with Crippen LogP contribution in [0.4, 0.5) is 0 Å². The van der Waals surface area contributed by atoms with Crippen LogP contribution in [-0.4, -0.2) is 38.2 Å². The van der Waals surface area contributed by atoms with E-state index in [1.165, 1.54) is 6.33 Å². The topological polar surface area (TPSA) is 108 Å². The highest BCUT2D eigenvalue weighted by molar-refractivity contribution is 5.93. The number of H-pyrrole nitrogens is 1. The van der Waals surface area contributed by atoms with Gasteiger partial charge in [-0.2, -0.15) is 5.10 Å². The molecule has 2 rings (SSSR count). The minimum absolute atomic E-state index is 0.0145. The lowest BCUT2D eigenvalue weighted by Gasteiger charge is -2.13. The van der Waals surface area contributed by atoms with E-state index in [1.807, 2.05) is 18.2 Å². The first-order chi connectivity index (χ1) is 9.16. The van der Waals surface area contributed by atoms with E-state index in [0.717, 1.165) is 5.56 Å². The van der Waals surface area contributed by atoms with Crippen molar-refractivity contribution in [1.29, 1.82) is 0 Å². The van der Waals surface area contributed by atoms with Crippen molar-refractivity contribution in [2.45, 2.75) is 12.5 Å². The number of carbonyl (C=O) groups is 2. The molecule has 1 aromatic carbocycles. The Kier molecular flexibility index (Phi) is 3.87. The van der Waals surface area contributed by atoms with E-state index in [-0.39, 0.29) is 12.2 Å². The average Bonchev–Trinajstić information content (AvgIpc) is 2.93. The number of carboxylic acid groups (broad SMARTS) is 1. The highest BCUT2D eigenvalue weighted by atomic mass is 16.4. The monoisotopic (exact) mass is 260 g/mol. The molecule has 0 radical (unpaired) electrons. The van der Waals surface area contributed by atoms with Gasteiger partial charge in [-0.05, 0) is 5.56 Å². The third-order valence-electron chi connectivity index (χ3n) is 2.52. The smallest absolute Gasteiger partial charge is 0.326 e. The Balaban J connectivity index is 2.05. The summed E-state index contributed by atoms with van der Waals surface area (Å²) >= 11 is 0. The summed E-state index contributed by atoms with van der Waals surface area (Å²) in [4.78, 5) is 26.5. The maximum absolute atomic E-state index is 11.7. The van der Waals surface area contributed by atoms with Crippen molar-refractivity contribution in [2.75, 3.05) is 0 Å². The fourth-order valence-electron chi connectivity index (χ4n) is 1.59. The predicted molar refractivity (Wildman–Crippen MR) is 65.4 cm³/mol. The molecule has 1 heterocycles. The Labute approximate surface area is 108 Å². The summed E-state index contributed by atoms with van der Waals surface area (Å²) in [5.41, 5.74) is 0.827. The van der Waals surface area contributed by atoms with Gasteiger partial charge in [-0.3, -0.25) is 9.89 Å². The Morgan fingerprint density at radius 2 is 2.05 bits per heavy atom. The van der Waals surface area contributed by atoms with Crippen molar-refractivity contribution in [3.63, 3.8) is 0 Å². The highest BCUT2D eigenvalue weighted by Crippen LogP contribution is 2.04. The summed E-state index contributed by atoms with van der Waals surface area (Å²) in [6.07, 6.45) is 1.39. The fraction of sp³-hybridized carbons (Fsp3) is 0.167. The number of nitrogens with zero attached hydrogens (tertiary/aromatic N) is 2. The molecule has 0 saturated carbocycles. The second-order valence-corrected chi connectivity index (χ2v) is 3.89. The predicted octanol–water partition coefficient (Wildman–Crippen LogP) is 0.230. The molecular formula is C12H12N4O3. The summed E-state index contributed by atoms with van der Waals surface area (Å²) in [5, 5.41) is 17.4. The zero-order chi connectivity index (χ0) is 13.7. The summed E-state index contributed by atoms with van der Waals surface area (Å²) < 4.78 is 0. The molecule has 0 fully saturated rings. The second-order valence-electron chi connectivity index (χ2n) is 3.89. The Bertz CT molecular complexity index is 554. The third-order valence-corrected chi connectivity index (χ3v) is 2.52. The summed E-state index contributed by atoms with van der Waals surface area (Å²) in [7, 11) is 0. The van der Waals surface area contributed by atoms with Gasteiger partial charge in [-0.15, -0.1) is 0 Å². The molecule has 19 heavy (non-hydrogen) atoms. The van der Waals surface area contributed by atoms with Crippen LogP contribution in [0.15, 0.2) is 36.7 Å². The molecule has 3 N–H and O–H groups in total. The minimum Gasteiger partial charge on any atom is -0.480 e. The highest BCUT2D eigenvalue weighted by Gasteiger charge is 2.22. The minimum atomic E-state index is -1.10. The van der Waals surface area contributed by atoms with Crippen LogP contribution in [0.5, 0.6) is 0 Å². The Morgan fingerprint density at radius 1 is 1.32 bits per heavy atom. The number of aromatic nitrogens is 3. The first-order valence-electron chi connectivity index (χ1n) is 5.60. The molecule has 7 heteroatoms. The van der Waals surface area contributed by atoms with E-state index >= 15 is 0 Å². The quantitative estimate of drug-likeness (QED) is 0.713. The zero-order valence-corrected chi connectivity index (χ0v) is 9.91. The molecule has 0 unspecified atom stereocenters. The van der Waals surface area contributed by atoms with E-state index in [0.29, 0.717) is 0 Å². The van der Waals surface area contributed by atoms with Crippen molar-refractivity contribution < 1.29 is 14.7 Å². The maximum atomic E-state index is 11.7. The molecule has 1 atom stereocenters. The number of rotatable bonds is 5. The lowest BCUT2D eigenvalue weighted by molar-refractivity contribution is -0.139. The first-order valence-corrected chi connectivity index (χ1v) is 5.60. The SMILES string of the molecule is O=C(N[C@H](Cc1ccccc1)C(=O)O)c1ncn[nH]1. The van der Waals surface area contributed by atoms with E-state index in [2.05, 4.69) is 20.5 Å². The van der Waals surface area contributed by atoms with Gasteiger partial charge in [0.05, 0.1) is 0 Å². The van der Waals surface area contributed by atoms with Crippen LogP contribution in [-0.2, 0) is 11.2 Å². The van der Waals surface area contributed by atoms with Gasteiger partial charge in [0.15, 0.2) is 0 Å². The van der Waals surface area contributed by atoms with E-state index in [9.17, 15) is 9.59 Å². The fourth-order valence-corrected chi connectivity index (χ4v) is 1.59. The van der Waals surface area contributed by atoms with Crippen LogP contribution < -0.4 is 5.32 Å². The van der Waals surface area contributed by atoms with Gasteiger partial charge in [-0.1, -0.05) is 30.3 Å². The Hall–Kier alpha value is -2.70. The number of amides is 1. The van der Waals surface area contributed by atoms with Crippen molar-refractivity contribution in [2.24, 2.45) is 0 Å². The molecule has 7 nitrogen and oxygen atoms in total. The lowest BCUT2D eigenvalue weighted by Crippen LogP contribution is -2.42. The van der Waals surface area contributed by atoms with Gasteiger partial charge in [0.2, 0.25) is 5.82 Å². The first kappa shape index (κ1) is 12.7. The van der Waals surface area contributed by atoms with Crippen LogP contribution in [0, 0.1) is 0 Å². The van der Waals surface area contributed by atoms with Gasteiger partial charge in [0.1, 0.15) is 12.4 Å². The van der Waals surface area contributed by atoms with Crippen molar-refractivity contribution in [3.05, 3.63) is 48.0 Å². The number of aromatic amines is 1. The number of nitrogens with one attached hydrogen (secondary N) is 2. The van der Waals surface area contributed by atoms with Gasteiger partial charge in [-0.25, -0.2) is 9.78 Å². The van der Waals surface area contributed by atoms with Crippen LogP contribution in [0.2, 0.25) is 0 Å². The molecule has 1 aromatic heterocycles. The molecule has 0 aliphatic rings. The number of carboxylic acids is 1. The van der Waals surface area contributed by atoms with Gasteiger partial charge in [0.25, 0.3) is 5.91 Å². The largest absolute Gasteiger partial charge is 0.480 e. The van der Waals surface area contributed by atoms with Crippen molar-refractivity contribution >= 4 is 11.9 Å². The number of hydrogen-bond donors (Lipinski definition) is 3. The zero-order valence-electron chi connectivity index (χ0n) is 9.91. The average molecular weight is 260 g/mol. The van der Waals surface area contributed by atoms with Crippen LogP contribution in [0.1, 0.15) is 16.2 Å². The normalized spacial score (nSPS) is 11.8. The molecular weight excluding hydrogens is 248 g/mol. The maximum Gasteiger partial charge on any atom is 0.326 e. The van der Waals surface area contributed by atoms with E-state index in [4.69, 9.17) is 5.11 Å². The van der Waals surface area contributed by atoms with Gasteiger partial charge in [0, 0.05) is 6.42 Å². The summed E-state index contributed by atoms with van der Waals surface area (Å²) in [6.45, 7) is 0. The molecule has 0 bridgehead atoms. The number of carbonyl (C=O) groups excluding carboxylic acids is 1. The number of hydrogen-bond acceptors (Lipinski definition) is 4. The van der Waals surface area contributed by atoms with E-state index in [1.54, 1.807) is 12.1 Å².